The summed E-state index contributed by atoms with van der Waals surface area (Å²) in [6.45, 7) is 7.68. The number of imidazole rings is 2. The molecule has 4 amide bonds. The third kappa shape index (κ3) is 8.79. The number of methoxy groups -OCH3 is 1. The van der Waals surface area contributed by atoms with E-state index in [9.17, 15) is 24.3 Å². The number of rotatable bonds is 12. The maximum absolute atomic E-state index is 14.2. The molecular formula is C52H62N8O9. The van der Waals surface area contributed by atoms with Gasteiger partial charge in [-0.3, -0.25) is 9.59 Å². The lowest BCUT2D eigenvalue weighted by atomic mass is 9.68. The predicted molar refractivity (Wildman–Crippen MR) is 256 cm³/mol. The summed E-state index contributed by atoms with van der Waals surface area (Å²) in [5.41, 5.74) is 5.48. The average molecular weight is 943 g/mol. The van der Waals surface area contributed by atoms with Crippen LogP contribution in [0.4, 0.5) is 9.59 Å². The molecule has 0 saturated carbocycles. The average Bonchev–Trinajstić information content (AvgIpc) is 4.24. The highest BCUT2D eigenvalue weighted by molar-refractivity contribution is 5.90. The number of carbonyl (C=O) groups excluding carboxylic acids is 3. The van der Waals surface area contributed by atoms with Crippen molar-refractivity contribution in [2.45, 2.75) is 108 Å². The molecule has 5 aromatic rings. The van der Waals surface area contributed by atoms with Crippen LogP contribution in [0.25, 0.3) is 33.3 Å². The number of amides is 4. The minimum absolute atomic E-state index is 0.0441. The molecule has 0 radical (unpaired) electrons. The van der Waals surface area contributed by atoms with Crippen molar-refractivity contribution in [2.24, 2.45) is 11.8 Å². The van der Waals surface area contributed by atoms with Crippen molar-refractivity contribution in [2.75, 3.05) is 46.6 Å². The van der Waals surface area contributed by atoms with Crippen LogP contribution >= 0.6 is 0 Å². The lowest BCUT2D eigenvalue weighted by Gasteiger charge is -2.39. The predicted octanol–water partition coefficient (Wildman–Crippen LogP) is 8.37. The first kappa shape index (κ1) is 46.3. The molecule has 3 aromatic carbocycles. The smallest absolute Gasteiger partial charge is 0.407 e. The topological polar surface area (TPSA) is 213 Å². The summed E-state index contributed by atoms with van der Waals surface area (Å²) in [6.07, 6.45) is 9.26. The molecule has 364 valence electrons. The number of hydrogen-bond donors (Lipinski definition) is 5. The van der Waals surface area contributed by atoms with Gasteiger partial charge in [0.25, 0.3) is 0 Å². The monoisotopic (exact) mass is 942 g/mol. The van der Waals surface area contributed by atoms with Gasteiger partial charge in [0, 0.05) is 67.2 Å². The Morgan fingerprint density at radius 3 is 1.80 bits per heavy atom. The molecular weight excluding hydrogens is 881 g/mol. The lowest BCUT2D eigenvalue weighted by Crippen LogP contribution is -2.53. The van der Waals surface area contributed by atoms with Gasteiger partial charge in [-0.2, -0.15) is 0 Å². The van der Waals surface area contributed by atoms with Gasteiger partial charge in [-0.05, 0) is 111 Å². The summed E-state index contributed by atoms with van der Waals surface area (Å²) in [7, 11) is 1.31. The Bertz CT molecular complexity index is 2720. The molecule has 0 bridgehead atoms. The van der Waals surface area contributed by atoms with Gasteiger partial charge < -0.3 is 54.5 Å². The third-order valence-corrected chi connectivity index (χ3v) is 15.6. The number of ether oxygens (including phenoxy) is 4. The molecule has 17 heteroatoms. The Hall–Kier alpha value is -6.46. The fourth-order valence-corrected chi connectivity index (χ4v) is 11.8. The van der Waals surface area contributed by atoms with Crippen LogP contribution in [-0.2, 0) is 29.2 Å². The molecule has 5 N–H and O–H groups in total. The van der Waals surface area contributed by atoms with E-state index in [2.05, 4.69) is 83.0 Å². The van der Waals surface area contributed by atoms with Gasteiger partial charge in [-0.15, -0.1) is 0 Å². The summed E-state index contributed by atoms with van der Waals surface area (Å²) in [5.74, 6) is 2.50. The number of hydrogen-bond acceptors (Lipinski definition) is 10. The zero-order valence-corrected chi connectivity index (χ0v) is 39.6. The standard InChI is InChI=1S/C52H62N8O9/c1-4-52(5-2)36-13-12-34(39-29-54-47(56-39)40-8-6-18-59(40)48(61)44(57-50(63)64)30-14-20-67-21-15-30)27-42(36)69-43-26-32-10-11-33(24-35(32)25-37(43)52)38-28-53-46(55-38)41-9-7-19-60(41)49(62)45(58-51(65)66-3)31-16-22-68-23-17-31/h10-13,24-31,40-41,44-45,57H,4-9,14-23H2,1-3H3,(H,53,55)(H,54,56)(H,58,65)(H,63,64)/t40-,41-,44+,45-/m0/s1. The number of likely N-dealkylation sites (tertiary alicyclic amines) is 2. The number of nitrogens with zero attached hydrogens (tertiary/aromatic N) is 4. The van der Waals surface area contributed by atoms with Crippen molar-refractivity contribution < 1.29 is 43.2 Å². The SMILES string of the molecule is CCC1(CC)c2ccc(-c3cnc([C@@H]4CCCN4C(=O)[C@H](NC(=O)O)C4CCOCC4)[nH]3)cc2Oc2cc3ccc(-c4cnc([C@@H]5CCCN5C(=O)[C@@H](NC(=O)OC)C5CCOCC5)[nH]4)cc3cc21. The lowest BCUT2D eigenvalue weighted by molar-refractivity contribution is -0.137. The summed E-state index contributed by atoms with van der Waals surface area (Å²) in [6, 6.07) is 15.0. The van der Waals surface area contributed by atoms with E-state index in [1.165, 1.54) is 7.11 Å². The van der Waals surface area contributed by atoms with Crippen molar-refractivity contribution in [3.63, 3.8) is 0 Å². The van der Waals surface area contributed by atoms with Gasteiger partial charge in [0.15, 0.2) is 0 Å². The molecule has 0 unspecified atom stereocenters. The molecule has 0 spiro atoms. The maximum Gasteiger partial charge on any atom is 0.407 e. The van der Waals surface area contributed by atoms with Crippen molar-refractivity contribution in [1.29, 1.82) is 0 Å². The normalized spacial score (nSPS) is 21.3. The van der Waals surface area contributed by atoms with Crippen LogP contribution in [-0.4, -0.2) is 118 Å². The Balaban J connectivity index is 0.883. The zero-order chi connectivity index (χ0) is 47.8. The van der Waals surface area contributed by atoms with Gasteiger partial charge in [-0.25, -0.2) is 19.6 Å². The van der Waals surface area contributed by atoms with Gasteiger partial charge >= 0.3 is 12.2 Å². The number of benzene rings is 3. The van der Waals surface area contributed by atoms with Gasteiger partial charge in [-0.1, -0.05) is 38.1 Å². The van der Waals surface area contributed by atoms with E-state index in [1.54, 1.807) is 11.1 Å². The minimum Gasteiger partial charge on any atom is -0.465 e. The number of carbonyl (C=O) groups is 4. The van der Waals surface area contributed by atoms with E-state index >= 15 is 0 Å². The van der Waals surface area contributed by atoms with Crippen LogP contribution in [0.5, 0.6) is 11.5 Å². The summed E-state index contributed by atoms with van der Waals surface area (Å²) in [4.78, 5) is 72.7. The molecule has 2 aromatic heterocycles. The molecule has 17 nitrogen and oxygen atoms in total. The van der Waals surface area contributed by atoms with Crippen molar-refractivity contribution in [3.05, 3.63) is 83.7 Å². The molecule has 10 rings (SSSR count). The molecule has 5 aliphatic heterocycles. The highest BCUT2D eigenvalue weighted by atomic mass is 16.5. The van der Waals surface area contributed by atoms with E-state index in [-0.39, 0.29) is 41.1 Å². The zero-order valence-electron chi connectivity index (χ0n) is 39.6. The van der Waals surface area contributed by atoms with Crippen molar-refractivity contribution >= 4 is 34.8 Å². The van der Waals surface area contributed by atoms with Crippen LogP contribution in [0.15, 0.2) is 60.9 Å². The van der Waals surface area contributed by atoms with Crippen molar-refractivity contribution in [3.8, 4) is 34.0 Å². The highest BCUT2D eigenvalue weighted by Gasteiger charge is 2.43. The van der Waals surface area contributed by atoms with Gasteiger partial charge in [0.2, 0.25) is 11.8 Å². The van der Waals surface area contributed by atoms with Gasteiger partial charge in [0.1, 0.15) is 35.2 Å². The molecule has 69 heavy (non-hydrogen) atoms. The fourth-order valence-electron chi connectivity index (χ4n) is 11.8. The molecule has 4 atom stereocenters. The molecule has 4 saturated heterocycles. The number of fused-ring (bicyclic) bond motifs is 3. The van der Waals surface area contributed by atoms with Crippen LogP contribution < -0.4 is 15.4 Å². The summed E-state index contributed by atoms with van der Waals surface area (Å²) in [5, 5.41) is 17.1. The van der Waals surface area contributed by atoms with Gasteiger partial charge in [0.05, 0.1) is 43.0 Å². The Kier molecular flexibility index (Phi) is 13.1. The molecule has 4 fully saturated rings. The first-order valence-electron chi connectivity index (χ1n) is 24.7. The van der Waals surface area contributed by atoms with E-state index in [0.717, 1.165) is 100 Å². The van der Waals surface area contributed by atoms with E-state index in [4.69, 9.17) is 28.9 Å². The second-order valence-corrected chi connectivity index (χ2v) is 19.2. The number of H-pyrrole nitrogens is 2. The summed E-state index contributed by atoms with van der Waals surface area (Å²) >= 11 is 0. The van der Waals surface area contributed by atoms with Crippen LogP contribution in [0, 0.1) is 11.8 Å². The first-order valence-corrected chi connectivity index (χ1v) is 24.7. The first-order chi connectivity index (χ1) is 33.6. The number of aromatic amines is 2. The van der Waals surface area contributed by atoms with Crippen molar-refractivity contribution in [1.82, 2.24) is 40.4 Å². The third-order valence-electron chi connectivity index (χ3n) is 15.6. The van der Waals surface area contributed by atoms with Crippen LogP contribution in [0.3, 0.4) is 0 Å². The second kappa shape index (κ2) is 19.5. The summed E-state index contributed by atoms with van der Waals surface area (Å²) < 4.78 is 22.8. The maximum atomic E-state index is 14.2. The largest absolute Gasteiger partial charge is 0.465 e. The quantitative estimate of drug-likeness (QED) is 0.0801. The fraction of sp³-hybridized carbons (Fsp3) is 0.500. The number of aromatic nitrogens is 4. The number of alkyl carbamates (subject to hydrolysis) is 1. The second-order valence-electron chi connectivity index (χ2n) is 19.2. The highest BCUT2D eigenvalue weighted by Crippen LogP contribution is 2.53. The molecule has 0 aliphatic carbocycles. The number of nitrogens with one attached hydrogen (secondary N) is 4. The molecule has 5 aliphatic rings. The van der Waals surface area contributed by atoms with E-state index in [0.29, 0.717) is 71.0 Å². The van der Waals surface area contributed by atoms with E-state index in [1.807, 2.05) is 11.1 Å². The Morgan fingerprint density at radius 1 is 0.710 bits per heavy atom. The van der Waals surface area contributed by atoms with Crippen LogP contribution in [0.2, 0.25) is 0 Å². The minimum atomic E-state index is -1.21. The Labute approximate surface area is 401 Å². The number of carboxylic acid groups (broad SMARTS) is 1. The molecule has 7 heterocycles. The van der Waals surface area contributed by atoms with E-state index < -0.39 is 24.3 Å². The Morgan fingerprint density at radius 2 is 1.25 bits per heavy atom. The van der Waals surface area contributed by atoms with Crippen LogP contribution in [0.1, 0.15) is 113 Å².